The maximum absolute atomic E-state index is 11.3. The average molecular weight is 329 g/mol. The van der Waals surface area contributed by atoms with Crippen molar-refractivity contribution < 1.29 is 31.2 Å². The lowest BCUT2D eigenvalue weighted by Crippen LogP contribution is -3.00. The highest BCUT2D eigenvalue weighted by atomic mass is 79.9. The van der Waals surface area contributed by atoms with Crippen LogP contribution in [0.1, 0.15) is 18.4 Å². The molecular formula is C13H17BrN2O3. The molecule has 0 saturated carbocycles. The normalized spacial score (nSPS) is 17.6. The zero-order chi connectivity index (χ0) is 13.2. The number of likely N-dealkylation sites (tertiary alicyclic amines) is 1. The number of para-hydroxylation sites is 1. The van der Waals surface area contributed by atoms with Crippen LogP contribution < -0.4 is 17.0 Å². The maximum atomic E-state index is 11.3. The second-order valence-corrected chi connectivity index (χ2v) is 5.15. The molecule has 6 heteroatoms. The molecule has 1 heterocycles. The standard InChI is InChI=1S/C13H17N2O3.BrH/c1-15(8-6-12(16)7-9-15)10-11-4-2-3-5-13(11)14(17)18;/h2-5H,6-10H2,1H3;1H/q+1;/p-1. The van der Waals surface area contributed by atoms with Crippen LogP contribution in [0, 0.1) is 10.1 Å². The van der Waals surface area contributed by atoms with E-state index in [4.69, 9.17) is 0 Å². The fourth-order valence-corrected chi connectivity index (χ4v) is 2.42. The molecule has 0 N–H and O–H groups in total. The van der Waals surface area contributed by atoms with Gasteiger partial charge in [-0.05, 0) is 6.07 Å². The quantitative estimate of drug-likeness (QED) is 0.402. The van der Waals surface area contributed by atoms with Crippen LogP contribution in [0.2, 0.25) is 0 Å². The third-order valence-electron chi connectivity index (χ3n) is 3.60. The third kappa shape index (κ3) is 3.84. The van der Waals surface area contributed by atoms with Gasteiger partial charge in [0.25, 0.3) is 5.69 Å². The number of piperidine rings is 1. The van der Waals surface area contributed by atoms with E-state index in [1.54, 1.807) is 12.1 Å². The number of rotatable bonds is 3. The summed E-state index contributed by atoms with van der Waals surface area (Å²) in [6, 6.07) is 6.85. The second-order valence-electron chi connectivity index (χ2n) is 5.15. The molecule has 2 rings (SSSR count). The van der Waals surface area contributed by atoms with E-state index in [-0.39, 0.29) is 27.6 Å². The van der Waals surface area contributed by atoms with E-state index in [1.165, 1.54) is 6.07 Å². The van der Waals surface area contributed by atoms with E-state index in [9.17, 15) is 14.9 Å². The van der Waals surface area contributed by atoms with Crippen LogP contribution in [-0.4, -0.2) is 35.3 Å². The molecule has 1 aliphatic heterocycles. The molecule has 0 radical (unpaired) electrons. The third-order valence-corrected chi connectivity index (χ3v) is 3.60. The first-order chi connectivity index (χ1) is 8.50. The van der Waals surface area contributed by atoms with Gasteiger partial charge in [0.1, 0.15) is 12.3 Å². The van der Waals surface area contributed by atoms with E-state index in [1.807, 2.05) is 6.07 Å². The number of quaternary nitrogens is 1. The predicted octanol–water partition coefficient (Wildman–Crippen LogP) is -1.09. The lowest BCUT2D eigenvalue weighted by Gasteiger charge is -2.37. The molecule has 0 amide bonds. The summed E-state index contributed by atoms with van der Waals surface area (Å²) in [5, 5.41) is 11.0. The molecule has 1 aromatic rings. The molecule has 19 heavy (non-hydrogen) atoms. The molecule has 1 aromatic carbocycles. The Labute approximate surface area is 122 Å². The van der Waals surface area contributed by atoms with Gasteiger partial charge in [-0.15, -0.1) is 0 Å². The molecular weight excluding hydrogens is 312 g/mol. The summed E-state index contributed by atoms with van der Waals surface area (Å²) in [5.41, 5.74) is 0.924. The first-order valence-corrected chi connectivity index (χ1v) is 6.08. The molecule has 0 aromatic heterocycles. The average Bonchev–Trinajstić information content (AvgIpc) is 2.34. The number of nitro groups is 1. The smallest absolute Gasteiger partial charge is 0.278 e. The van der Waals surface area contributed by atoms with Gasteiger partial charge in [-0.1, -0.05) is 12.1 Å². The van der Waals surface area contributed by atoms with Gasteiger partial charge in [0.15, 0.2) is 0 Å². The highest BCUT2D eigenvalue weighted by Crippen LogP contribution is 2.24. The molecule has 1 aliphatic rings. The Kier molecular flexibility index (Phi) is 5.20. The fraction of sp³-hybridized carbons (Fsp3) is 0.462. The number of Topliss-reactive ketones (excluding diaryl/α,β-unsaturated/α-hetero) is 1. The number of nitrogens with zero attached hydrogens (tertiary/aromatic N) is 2. The number of hydrogen-bond donors (Lipinski definition) is 0. The summed E-state index contributed by atoms with van der Waals surface area (Å²) >= 11 is 0. The Morgan fingerprint density at radius 1 is 1.26 bits per heavy atom. The monoisotopic (exact) mass is 328 g/mol. The first kappa shape index (κ1) is 15.8. The van der Waals surface area contributed by atoms with Crippen molar-refractivity contribution in [1.29, 1.82) is 0 Å². The van der Waals surface area contributed by atoms with Crippen LogP contribution >= 0.6 is 0 Å². The van der Waals surface area contributed by atoms with Crippen molar-refractivity contribution >= 4 is 11.5 Å². The van der Waals surface area contributed by atoms with Crippen molar-refractivity contribution in [1.82, 2.24) is 0 Å². The second kappa shape index (κ2) is 6.25. The van der Waals surface area contributed by atoms with Crippen molar-refractivity contribution in [3.8, 4) is 0 Å². The number of carbonyl (C=O) groups is 1. The van der Waals surface area contributed by atoms with E-state index in [2.05, 4.69) is 7.05 Å². The Hall–Kier alpha value is -1.27. The molecule has 0 unspecified atom stereocenters. The summed E-state index contributed by atoms with van der Waals surface area (Å²) in [6.07, 6.45) is 1.16. The van der Waals surface area contributed by atoms with E-state index < -0.39 is 0 Å². The van der Waals surface area contributed by atoms with E-state index in [0.717, 1.165) is 18.7 Å². The Morgan fingerprint density at radius 2 is 1.84 bits per heavy atom. The van der Waals surface area contributed by atoms with Gasteiger partial charge in [-0.2, -0.15) is 0 Å². The van der Waals surface area contributed by atoms with Crippen LogP contribution in [0.25, 0.3) is 0 Å². The Bertz CT molecular complexity index is 481. The number of carbonyl (C=O) groups excluding carboxylic acids is 1. The minimum atomic E-state index is -0.337. The molecule has 0 spiro atoms. The van der Waals surface area contributed by atoms with Gasteiger partial charge < -0.3 is 21.5 Å². The molecule has 1 fully saturated rings. The van der Waals surface area contributed by atoms with Crippen molar-refractivity contribution in [2.24, 2.45) is 0 Å². The van der Waals surface area contributed by atoms with Crippen LogP contribution in [0.5, 0.6) is 0 Å². The highest BCUT2D eigenvalue weighted by Gasteiger charge is 2.31. The first-order valence-electron chi connectivity index (χ1n) is 6.08. The number of halogens is 1. The lowest BCUT2D eigenvalue weighted by molar-refractivity contribution is -0.923. The molecule has 1 saturated heterocycles. The predicted molar refractivity (Wildman–Crippen MR) is 67.0 cm³/mol. The molecule has 0 atom stereocenters. The summed E-state index contributed by atoms with van der Waals surface area (Å²) in [5.74, 6) is 0.299. The van der Waals surface area contributed by atoms with Crippen LogP contribution in [-0.2, 0) is 11.3 Å². The lowest BCUT2D eigenvalue weighted by atomic mass is 10.0. The van der Waals surface area contributed by atoms with Crippen LogP contribution in [0.15, 0.2) is 24.3 Å². The summed E-state index contributed by atoms with van der Waals surface area (Å²) in [6.45, 7) is 2.15. The minimum Gasteiger partial charge on any atom is -1.00 e. The summed E-state index contributed by atoms with van der Waals surface area (Å²) in [7, 11) is 2.06. The zero-order valence-electron chi connectivity index (χ0n) is 10.8. The molecule has 0 bridgehead atoms. The van der Waals surface area contributed by atoms with Gasteiger partial charge in [0, 0.05) is 6.07 Å². The van der Waals surface area contributed by atoms with Crippen LogP contribution in [0.4, 0.5) is 5.69 Å². The zero-order valence-corrected chi connectivity index (χ0v) is 12.4. The van der Waals surface area contributed by atoms with Gasteiger partial charge in [-0.3, -0.25) is 14.9 Å². The van der Waals surface area contributed by atoms with Gasteiger partial charge in [0.2, 0.25) is 0 Å². The SMILES string of the molecule is C[N+]1(Cc2ccccc2[N+](=O)[O-])CCC(=O)CC1.[Br-]. The van der Waals surface area contributed by atoms with Gasteiger partial charge >= 0.3 is 0 Å². The van der Waals surface area contributed by atoms with Crippen molar-refractivity contribution in [3.63, 3.8) is 0 Å². The minimum absolute atomic E-state index is 0. The number of hydrogen-bond acceptors (Lipinski definition) is 3. The summed E-state index contributed by atoms with van der Waals surface area (Å²) in [4.78, 5) is 21.9. The van der Waals surface area contributed by atoms with Crippen molar-refractivity contribution in [2.45, 2.75) is 19.4 Å². The Morgan fingerprint density at radius 3 is 2.42 bits per heavy atom. The highest BCUT2D eigenvalue weighted by molar-refractivity contribution is 5.79. The van der Waals surface area contributed by atoms with Crippen LogP contribution in [0.3, 0.4) is 0 Å². The van der Waals surface area contributed by atoms with E-state index in [0.29, 0.717) is 29.7 Å². The number of ketones is 1. The van der Waals surface area contributed by atoms with Crippen molar-refractivity contribution in [3.05, 3.63) is 39.9 Å². The molecule has 0 aliphatic carbocycles. The Balaban J connectivity index is 0.00000180. The number of nitro benzene ring substituents is 1. The topological polar surface area (TPSA) is 60.2 Å². The number of benzene rings is 1. The van der Waals surface area contributed by atoms with Gasteiger partial charge in [0.05, 0.1) is 43.5 Å². The largest absolute Gasteiger partial charge is 1.00 e. The summed E-state index contributed by atoms with van der Waals surface area (Å²) < 4.78 is 0.705. The van der Waals surface area contributed by atoms with Crippen molar-refractivity contribution in [2.75, 3.05) is 20.1 Å². The van der Waals surface area contributed by atoms with E-state index >= 15 is 0 Å². The fourth-order valence-electron chi connectivity index (χ4n) is 2.42. The maximum Gasteiger partial charge on any atom is 0.278 e. The molecule has 104 valence electrons. The molecule has 5 nitrogen and oxygen atoms in total. The van der Waals surface area contributed by atoms with Gasteiger partial charge in [-0.25, -0.2) is 0 Å².